The van der Waals surface area contributed by atoms with Crippen molar-refractivity contribution in [3.63, 3.8) is 0 Å². The number of carbonyl (C=O) groups excluding carboxylic acids is 3. The number of rotatable bonds is 9. The molecule has 0 saturated heterocycles. The topological polar surface area (TPSA) is 84.9 Å². The average molecular weight is 465 g/mol. The quantitative estimate of drug-likeness (QED) is 0.566. The van der Waals surface area contributed by atoms with Gasteiger partial charge in [-0.15, -0.1) is 0 Å². The number of nitrogens with one attached hydrogen (secondary N) is 1. The maximum Gasteiger partial charge on any atom is 0.265 e. The minimum Gasteiger partial charge on any atom is -0.485 e. The van der Waals surface area contributed by atoms with Gasteiger partial charge in [0.05, 0.1) is 5.69 Å². The molecule has 7 heteroatoms. The molecule has 0 atom stereocenters. The normalized spacial score (nSPS) is 15.9. The third-order valence-corrected chi connectivity index (χ3v) is 6.33. The number of ketones is 1. The lowest BCUT2D eigenvalue weighted by Crippen LogP contribution is -2.47. The standard InChI is InChI=1S/C27H32N2O5/c1-2-6-19-9-12-22(13-10-19)33-17-24(30)20-11-14-25-23(15-20)29(27(32)18-34-25)16-26(31)28-21-7-4-3-5-8-21/h9-15,21H,2-8,16-18H2,1H3,(H,28,31). The van der Waals surface area contributed by atoms with Gasteiger partial charge in [-0.3, -0.25) is 19.3 Å². The first-order valence-electron chi connectivity index (χ1n) is 12.1. The third kappa shape index (κ3) is 5.95. The Labute approximate surface area is 200 Å². The molecule has 0 radical (unpaired) electrons. The van der Waals surface area contributed by atoms with E-state index in [-0.39, 0.29) is 43.4 Å². The molecule has 2 aromatic rings. The lowest BCUT2D eigenvalue weighted by Gasteiger charge is -2.30. The molecular formula is C27H32N2O5. The van der Waals surface area contributed by atoms with Crippen molar-refractivity contribution in [2.75, 3.05) is 24.7 Å². The molecule has 1 aliphatic carbocycles. The lowest BCUT2D eigenvalue weighted by atomic mass is 9.95. The van der Waals surface area contributed by atoms with Gasteiger partial charge in [0.1, 0.15) is 18.0 Å². The number of hydrogen-bond acceptors (Lipinski definition) is 5. The van der Waals surface area contributed by atoms with Crippen molar-refractivity contribution < 1.29 is 23.9 Å². The van der Waals surface area contributed by atoms with E-state index in [1.54, 1.807) is 18.2 Å². The molecule has 2 aliphatic rings. The van der Waals surface area contributed by atoms with Crippen molar-refractivity contribution in [1.82, 2.24) is 5.32 Å². The molecule has 1 aliphatic heterocycles. The van der Waals surface area contributed by atoms with Gasteiger partial charge in [0.15, 0.2) is 19.0 Å². The van der Waals surface area contributed by atoms with Gasteiger partial charge in [-0.1, -0.05) is 44.7 Å². The highest BCUT2D eigenvalue weighted by Crippen LogP contribution is 2.33. The van der Waals surface area contributed by atoms with Gasteiger partial charge in [0.2, 0.25) is 5.91 Å². The monoisotopic (exact) mass is 464 g/mol. The van der Waals surface area contributed by atoms with Crippen LogP contribution in [0.15, 0.2) is 42.5 Å². The molecule has 0 aromatic heterocycles. The Morgan fingerprint density at radius 1 is 1.09 bits per heavy atom. The molecule has 4 rings (SSSR count). The maximum absolute atomic E-state index is 12.8. The first-order chi connectivity index (χ1) is 16.5. The Balaban J connectivity index is 1.41. The van der Waals surface area contributed by atoms with Crippen molar-refractivity contribution >= 4 is 23.3 Å². The predicted molar refractivity (Wildman–Crippen MR) is 130 cm³/mol. The number of hydrogen-bond donors (Lipinski definition) is 1. The zero-order chi connectivity index (χ0) is 23.9. The maximum atomic E-state index is 12.8. The van der Waals surface area contributed by atoms with E-state index in [0.29, 0.717) is 22.7 Å². The second-order valence-corrected chi connectivity index (χ2v) is 8.96. The highest BCUT2D eigenvalue weighted by Gasteiger charge is 2.29. The number of anilines is 1. The summed E-state index contributed by atoms with van der Waals surface area (Å²) in [7, 11) is 0. The van der Waals surface area contributed by atoms with Crippen LogP contribution < -0.4 is 19.7 Å². The van der Waals surface area contributed by atoms with Crippen LogP contribution in [0, 0.1) is 0 Å². The van der Waals surface area contributed by atoms with Gasteiger partial charge < -0.3 is 14.8 Å². The van der Waals surface area contributed by atoms with Gasteiger partial charge in [0.25, 0.3) is 5.91 Å². The molecular weight excluding hydrogens is 432 g/mol. The van der Waals surface area contributed by atoms with Crippen molar-refractivity contribution in [3.05, 3.63) is 53.6 Å². The molecule has 0 unspecified atom stereocenters. The van der Waals surface area contributed by atoms with Crippen molar-refractivity contribution in [3.8, 4) is 11.5 Å². The minimum absolute atomic E-state index is 0.0933. The molecule has 1 fully saturated rings. The summed E-state index contributed by atoms with van der Waals surface area (Å²) in [4.78, 5) is 39.4. The SMILES string of the molecule is CCCc1ccc(OCC(=O)c2ccc3c(c2)N(CC(=O)NC2CCCCC2)C(=O)CO3)cc1. The van der Waals surface area contributed by atoms with E-state index < -0.39 is 0 Å². The van der Waals surface area contributed by atoms with E-state index in [0.717, 1.165) is 38.5 Å². The molecule has 1 heterocycles. The molecule has 1 N–H and O–H groups in total. The smallest absolute Gasteiger partial charge is 0.265 e. The molecule has 7 nitrogen and oxygen atoms in total. The molecule has 0 spiro atoms. The third-order valence-electron chi connectivity index (χ3n) is 6.33. The number of amides is 2. The number of aryl methyl sites for hydroxylation is 1. The van der Waals surface area contributed by atoms with Gasteiger partial charge >= 0.3 is 0 Å². The molecule has 1 saturated carbocycles. The van der Waals surface area contributed by atoms with Gasteiger partial charge in [-0.2, -0.15) is 0 Å². The molecule has 180 valence electrons. The number of Topliss-reactive ketones (excluding diaryl/α,β-unsaturated/α-hetero) is 1. The zero-order valence-electron chi connectivity index (χ0n) is 19.7. The van der Waals surface area contributed by atoms with Crippen LogP contribution in [0.2, 0.25) is 0 Å². The van der Waals surface area contributed by atoms with Crippen LogP contribution >= 0.6 is 0 Å². The molecule has 34 heavy (non-hydrogen) atoms. The first-order valence-corrected chi connectivity index (χ1v) is 12.1. The van der Waals surface area contributed by atoms with Crippen LogP contribution in [0.5, 0.6) is 11.5 Å². The number of carbonyl (C=O) groups is 3. The zero-order valence-corrected chi connectivity index (χ0v) is 19.7. The fourth-order valence-corrected chi connectivity index (χ4v) is 4.49. The lowest BCUT2D eigenvalue weighted by molar-refractivity contribution is -0.125. The van der Waals surface area contributed by atoms with E-state index in [1.165, 1.54) is 16.9 Å². The van der Waals surface area contributed by atoms with Crippen LogP contribution in [0.1, 0.15) is 61.4 Å². The Bertz CT molecular complexity index is 1030. The summed E-state index contributed by atoms with van der Waals surface area (Å²) < 4.78 is 11.2. The summed E-state index contributed by atoms with van der Waals surface area (Å²) in [6.07, 6.45) is 7.44. The van der Waals surface area contributed by atoms with Crippen molar-refractivity contribution in [2.45, 2.75) is 57.9 Å². The number of nitrogens with zero attached hydrogens (tertiary/aromatic N) is 1. The van der Waals surface area contributed by atoms with Gasteiger partial charge in [0, 0.05) is 11.6 Å². The van der Waals surface area contributed by atoms with Crippen LogP contribution in [0.4, 0.5) is 5.69 Å². The number of ether oxygens (including phenoxy) is 2. The molecule has 2 aromatic carbocycles. The van der Waals surface area contributed by atoms with Crippen LogP contribution in [-0.2, 0) is 16.0 Å². The summed E-state index contributed by atoms with van der Waals surface area (Å²) in [5.41, 5.74) is 2.07. The second-order valence-electron chi connectivity index (χ2n) is 8.96. The Hall–Kier alpha value is -3.35. The Morgan fingerprint density at radius 3 is 2.59 bits per heavy atom. The first kappa shape index (κ1) is 23.8. The summed E-state index contributed by atoms with van der Waals surface area (Å²) >= 11 is 0. The van der Waals surface area contributed by atoms with Crippen LogP contribution in [0.25, 0.3) is 0 Å². The summed E-state index contributed by atoms with van der Waals surface area (Å²) in [6.45, 7) is 1.78. The van der Waals surface area contributed by atoms with Gasteiger partial charge in [-0.25, -0.2) is 0 Å². The number of fused-ring (bicyclic) bond motifs is 1. The fraction of sp³-hybridized carbons (Fsp3) is 0.444. The second kappa shape index (κ2) is 11.2. The highest BCUT2D eigenvalue weighted by atomic mass is 16.5. The molecule has 2 amide bonds. The highest BCUT2D eigenvalue weighted by molar-refractivity contribution is 6.04. The Morgan fingerprint density at radius 2 is 1.85 bits per heavy atom. The predicted octanol–water partition coefficient (Wildman–Crippen LogP) is 4.08. The fourth-order valence-electron chi connectivity index (χ4n) is 4.49. The Kier molecular flexibility index (Phi) is 7.83. The summed E-state index contributed by atoms with van der Waals surface area (Å²) in [5.74, 6) is 0.392. The van der Waals surface area contributed by atoms with E-state index >= 15 is 0 Å². The minimum atomic E-state index is -0.306. The van der Waals surface area contributed by atoms with E-state index in [1.807, 2.05) is 24.3 Å². The van der Waals surface area contributed by atoms with E-state index in [2.05, 4.69) is 12.2 Å². The van der Waals surface area contributed by atoms with E-state index in [4.69, 9.17) is 9.47 Å². The van der Waals surface area contributed by atoms with Crippen molar-refractivity contribution in [2.24, 2.45) is 0 Å². The van der Waals surface area contributed by atoms with Crippen molar-refractivity contribution in [1.29, 1.82) is 0 Å². The van der Waals surface area contributed by atoms with Crippen LogP contribution in [0.3, 0.4) is 0 Å². The number of benzene rings is 2. The van der Waals surface area contributed by atoms with E-state index in [9.17, 15) is 14.4 Å². The average Bonchev–Trinajstić information content (AvgIpc) is 2.85. The largest absolute Gasteiger partial charge is 0.485 e. The van der Waals surface area contributed by atoms with Crippen LogP contribution in [-0.4, -0.2) is 43.4 Å². The van der Waals surface area contributed by atoms with Gasteiger partial charge in [-0.05, 0) is 55.2 Å². The molecule has 0 bridgehead atoms. The summed E-state index contributed by atoms with van der Waals surface area (Å²) in [5, 5.41) is 3.04. The summed E-state index contributed by atoms with van der Waals surface area (Å²) in [6, 6.07) is 12.8.